The number of carboxylic acids is 1. The van der Waals surface area contributed by atoms with E-state index < -0.39 is 5.97 Å². The number of aryl methyl sites for hydroxylation is 1. The number of rotatable bonds is 2. The van der Waals surface area contributed by atoms with E-state index in [0.29, 0.717) is 10.6 Å². The van der Waals surface area contributed by atoms with Gasteiger partial charge in [-0.05, 0) is 36.2 Å². The molecule has 0 fully saturated rings. The van der Waals surface area contributed by atoms with E-state index in [9.17, 15) is 4.79 Å². The molecule has 0 aliphatic rings. The molecular formula is C14H11ClO2. The van der Waals surface area contributed by atoms with Crippen LogP contribution in [0.1, 0.15) is 15.9 Å². The van der Waals surface area contributed by atoms with Gasteiger partial charge in [-0.1, -0.05) is 41.4 Å². The van der Waals surface area contributed by atoms with E-state index in [-0.39, 0.29) is 5.56 Å². The van der Waals surface area contributed by atoms with Crippen LogP contribution in [-0.4, -0.2) is 11.1 Å². The third kappa shape index (κ3) is 2.48. The lowest BCUT2D eigenvalue weighted by Gasteiger charge is -2.07. The first kappa shape index (κ1) is 11.7. The minimum Gasteiger partial charge on any atom is -0.478 e. The van der Waals surface area contributed by atoms with Crippen molar-refractivity contribution in [2.24, 2.45) is 0 Å². The van der Waals surface area contributed by atoms with E-state index in [1.165, 1.54) is 6.07 Å². The molecule has 0 spiro atoms. The third-order valence-corrected chi connectivity index (χ3v) is 2.81. The summed E-state index contributed by atoms with van der Waals surface area (Å²) < 4.78 is 0. The van der Waals surface area contributed by atoms with Gasteiger partial charge in [0.25, 0.3) is 0 Å². The number of carboxylic acid groups (broad SMARTS) is 1. The molecule has 3 heteroatoms. The van der Waals surface area contributed by atoms with Gasteiger partial charge in [-0.25, -0.2) is 4.79 Å². The van der Waals surface area contributed by atoms with Crippen molar-refractivity contribution >= 4 is 17.6 Å². The average molecular weight is 247 g/mol. The van der Waals surface area contributed by atoms with Crippen molar-refractivity contribution < 1.29 is 9.90 Å². The second-order valence-corrected chi connectivity index (χ2v) is 4.30. The average Bonchev–Trinajstić information content (AvgIpc) is 2.29. The summed E-state index contributed by atoms with van der Waals surface area (Å²) in [7, 11) is 0. The number of carbonyl (C=O) groups is 1. The first-order valence-electron chi connectivity index (χ1n) is 5.18. The summed E-state index contributed by atoms with van der Waals surface area (Å²) >= 11 is 5.91. The zero-order valence-corrected chi connectivity index (χ0v) is 10.0. The molecule has 0 radical (unpaired) electrons. The van der Waals surface area contributed by atoms with Crippen molar-refractivity contribution in [1.82, 2.24) is 0 Å². The normalized spacial score (nSPS) is 10.2. The van der Waals surface area contributed by atoms with E-state index in [0.717, 1.165) is 11.1 Å². The van der Waals surface area contributed by atoms with Crippen molar-refractivity contribution in [3.63, 3.8) is 0 Å². The lowest BCUT2D eigenvalue weighted by atomic mass is 9.99. The molecule has 0 aliphatic carbocycles. The Bertz CT molecular complexity index is 559. The Kier molecular flexibility index (Phi) is 3.16. The minimum atomic E-state index is -0.947. The quantitative estimate of drug-likeness (QED) is 0.869. The van der Waals surface area contributed by atoms with Crippen LogP contribution in [0.2, 0.25) is 5.02 Å². The van der Waals surface area contributed by atoms with Crippen molar-refractivity contribution in [3.8, 4) is 11.1 Å². The van der Waals surface area contributed by atoms with Gasteiger partial charge in [0.05, 0.1) is 5.56 Å². The smallest absolute Gasteiger partial charge is 0.336 e. The van der Waals surface area contributed by atoms with E-state index in [1.807, 2.05) is 31.2 Å². The monoisotopic (exact) mass is 246 g/mol. The zero-order valence-electron chi connectivity index (χ0n) is 9.27. The first-order chi connectivity index (χ1) is 8.08. The van der Waals surface area contributed by atoms with Crippen molar-refractivity contribution in [2.45, 2.75) is 6.92 Å². The molecule has 2 aromatic carbocycles. The third-order valence-electron chi connectivity index (χ3n) is 2.57. The summed E-state index contributed by atoms with van der Waals surface area (Å²) in [5, 5.41) is 9.66. The molecule has 0 heterocycles. The largest absolute Gasteiger partial charge is 0.478 e. The Morgan fingerprint density at radius 2 is 1.76 bits per heavy atom. The van der Waals surface area contributed by atoms with Crippen LogP contribution in [-0.2, 0) is 0 Å². The molecule has 0 saturated carbocycles. The van der Waals surface area contributed by atoms with Gasteiger partial charge in [-0.2, -0.15) is 0 Å². The zero-order chi connectivity index (χ0) is 12.4. The predicted molar refractivity (Wildman–Crippen MR) is 68.6 cm³/mol. The van der Waals surface area contributed by atoms with E-state index in [2.05, 4.69) is 0 Å². The molecular weight excluding hydrogens is 236 g/mol. The van der Waals surface area contributed by atoms with Crippen molar-refractivity contribution in [1.29, 1.82) is 0 Å². The van der Waals surface area contributed by atoms with Gasteiger partial charge in [-0.15, -0.1) is 0 Å². The number of halogens is 1. The van der Waals surface area contributed by atoms with Crippen LogP contribution in [0.15, 0.2) is 42.5 Å². The number of hydrogen-bond acceptors (Lipinski definition) is 1. The van der Waals surface area contributed by atoms with Gasteiger partial charge in [0.15, 0.2) is 0 Å². The Morgan fingerprint density at radius 3 is 2.35 bits per heavy atom. The molecule has 0 unspecified atom stereocenters. The highest BCUT2D eigenvalue weighted by molar-refractivity contribution is 6.31. The highest BCUT2D eigenvalue weighted by atomic mass is 35.5. The summed E-state index contributed by atoms with van der Waals surface area (Å²) in [6.45, 7) is 1.99. The van der Waals surface area contributed by atoms with Gasteiger partial charge < -0.3 is 5.11 Å². The number of hydrogen-bond donors (Lipinski definition) is 1. The van der Waals surface area contributed by atoms with Gasteiger partial charge in [-0.3, -0.25) is 0 Å². The molecule has 0 atom stereocenters. The molecule has 86 valence electrons. The Hall–Kier alpha value is -1.80. The predicted octanol–water partition coefficient (Wildman–Crippen LogP) is 4.01. The van der Waals surface area contributed by atoms with E-state index in [1.54, 1.807) is 12.1 Å². The second kappa shape index (κ2) is 4.60. The van der Waals surface area contributed by atoms with Gasteiger partial charge in [0, 0.05) is 5.02 Å². The molecule has 2 aromatic rings. The molecule has 17 heavy (non-hydrogen) atoms. The molecule has 2 rings (SSSR count). The summed E-state index contributed by atoms with van der Waals surface area (Å²) in [5.41, 5.74) is 2.89. The summed E-state index contributed by atoms with van der Waals surface area (Å²) in [6.07, 6.45) is 0. The van der Waals surface area contributed by atoms with Crippen LogP contribution in [0, 0.1) is 6.92 Å². The molecule has 0 bridgehead atoms. The van der Waals surface area contributed by atoms with Crippen molar-refractivity contribution in [3.05, 3.63) is 58.6 Å². The number of aromatic carboxylic acids is 1. The molecule has 0 saturated heterocycles. The van der Waals surface area contributed by atoms with Gasteiger partial charge in [0.2, 0.25) is 0 Å². The van der Waals surface area contributed by atoms with E-state index in [4.69, 9.17) is 16.7 Å². The molecule has 0 amide bonds. The lowest BCUT2D eigenvalue weighted by Crippen LogP contribution is -1.99. The minimum absolute atomic E-state index is 0.262. The SMILES string of the molecule is Cc1ccc(-c2cc(Cl)ccc2C(=O)O)cc1. The molecule has 0 aliphatic heterocycles. The van der Waals surface area contributed by atoms with Crippen LogP contribution in [0.4, 0.5) is 0 Å². The first-order valence-corrected chi connectivity index (χ1v) is 5.55. The van der Waals surface area contributed by atoms with Gasteiger partial charge in [0.1, 0.15) is 0 Å². The Morgan fingerprint density at radius 1 is 1.12 bits per heavy atom. The maximum atomic E-state index is 11.1. The fourth-order valence-electron chi connectivity index (χ4n) is 1.67. The van der Waals surface area contributed by atoms with Gasteiger partial charge >= 0.3 is 5.97 Å². The van der Waals surface area contributed by atoms with Crippen LogP contribution >= 0.6 is 11.6 Å². The maximum Gasteiger partial charge on any atom is 0.336 e. The second-order valence-electron chi connectivity index (χ2n) is 3.86. The van der Waals surface area contributed by atoms with Crippen LogP contribution in [0.3, 0.4) is 0 Å². The van der Waals surface area contributed by atoms with Crippen LogP contribution < -0.4 is 0 Å². The topological polar surface area (TPSA) is 37.3 Å². The molecule has 1 N–H and O–H groups in total. The summed E-state index contributed by atoms with van der Waals surface area (Å²) in [6, 6.07) is 12.5. The number of benzene rings is 2. The Balaban J connectivity index is 2.60. The van der Waals surface area contributed by atoms with Crippen LogP contribution in [0.25, 0.3) is 11.1 Å². The summed E-state index contributed by atoms with van der Waals surface area (Å²) in [4.78, 5) is 11.1. The van der Waals surface area contributed by atoms with Crippen molar-refractivity contribution in [2.75, 3.05) is 0 Å². The Labute approximate surface area is 104 Å². The van der Waals surface area contributed by atoms with Crippen LogP contribution in [0.5, 0.6) is 0 Å². The fourth-order valence-corrected chi connectivity index (χ4v) is 1.85. The highest BCUT2D eigenvalue weighted by Crippen LogP contribution is 2.27. The molecule has 0 aromatic heterocycles. The highest BCUT2D eigenvalue weighted by Gasteiger charge is 2.11. The maximum absolute atomic E-state index is 11.1. The molecule has 2 nitrogen and oxygen atoms in total. The van der Waals surface area contributed by atoms with E-state index >= 15 is 0 Å². The standard InChI is InChI=1S/C14H11ClO2/c1-9-2-4-10(5-3-9)13-8-11(15)6-7-12(13)14(16)17/h2-8H,1H3,(H,16,17). The fraction of sp³-hybridized carbons (Fsp3) is 0.0714. The lowest BCUT2D eigenvalue weighted by molar-refractivity contribution is 0.0698. The summed E-state index contributed by atoms with van der Waals surface area (Å²) in [5.74, 6) is -0.947.